The van der Waals surface area contributed by atoms with Gasteiger partial charge in [-0.05, 0) is 71.9 Å². The van der Waals surface area contributed by atoms with Crippen molar-refractivity contribution in [3.05, 3.63) is 84.1 Å². The lowest BCUT2D eigenvalue weighted by molar-refractivity contribution is 0.300. The number of thiocarbonyl (C=S) groups is 1. The van der Waals surface area contributed by atoms with E-state index in [1.54, 1.807) is 27.8 Å². The monoisotopic (exact) mass is 398 g/mol. The third-order valence-electron chi connectivity index (χ3n) is 3.45. The number of pyridine rings is 1. The summed E-state index contributed by atoms with van der Waals surface area (Å²) in [5.41, 5.74) is 3.21. The molecule has 0 unspecified atom stereocenters. The van der Waals surface area contributed by atoms with Crippen LogP contribution in [0.4, 0.5) is 5.69 Å². The van der Waals surface area contributed by atoms with Gasteiger partial charge in [0.15, 0.2) is 0 Å². The lowest BCUT2D eigenvalue weighted by atomic mass is 10.2. The van der Waals surface area contributed by atoms with Crippen LogP contribution in [0, 0.1) is 6.92 Å². The number of ether oxygens (including phenoxy) is 1. The fourth-order valence-electron chi connectivity index (χ4n) is 2.07. The van der Waals surface area contributed by atoms with E-state index < -0.39 is 0 Å². The molecule has 0 amide bonds. The molecular weight excluding hydrogens is 380 g/mol. The number of benzene rings is 2. The van der Waals surface area contributed by atoms with Crippen LogP contribution < -0.4 is 5.32 Å². The van der Waals surface area contributed by atoms with Gasteiger partial charge in [0.1, 0.15) is 11.6 Å². The van der Waals surface area contributed by atoms with Crippen LogP contribution in [0.15, 0.2) is 82.8 Å². The highest BCUT2D eigenvalue weighted by molar-refractivity contribution is 8.76. The largest absolute Gasteiger partial charge is 0.466 e. The summed E-state index contributed by atoms with van der Waals surface area (Å²) in [5, 5.41) is 4.45. The van der Waals surface area contributed by atoms with Gasteiger partial charge in [-0.1, -0.05) is 46.7 Å². The minimum atomic E-state index is 0.373. The van der Waals surface area contributed by atoms with E-state index in [0.717, 1.165) is 16.3 Å². The van der Waals surface area contributed by atoms with E-state index >= 15 is 0 Å². The molecule has 0 spiro atoms. The Bertz CT molecular complexity index is 837. The molecule has 0 aliphatic heterocycles. The standard InChI is InChI=1S/C20H18N2OS3/c1-15-5-9-17(10-6-15)22-20(24)23-14-16-7-11-18(12-8-16)25-26-19-4-2-3-13-21-19/h2-13H,14H2,1H3,(H,22,24). The molecule has 0 atom stereocenters. The second-order valence-electron chi connectivity index (χ2n) is 5.55. The topological polar surface area (TPSA) is 34.1 Å². The first-order chi connectivity index (χ1) is 12.7. The molecule has 0 saturated heterocycles. The number of nitrogens with zero attached hydrogens (tertiary/aromatic N) is 1. The second-order valence-corrected chi connectivity index (χ2v) is 8.14. The van der Waals surface area contributed by atoms with Gasteiger partial charge in [0.2, 0.25) is 0 Å². The number of nitrogens with one attached hydrogen (secondary N) is 1. The van der Waals surface area contributed by atoms with Crippen LogP contribution in [0.5, 0.6) is 0 Å². The fraction of sp³-hybridized carbons (Fsp3) is 0.100. The zero-order chi connectivity index (χ0) is 18.2. The van der Waals surface area contributed by atoms with Crippen LogP contribution in [0.1, 0.15) is 11.1 Å². The molecule has 0 bridgehead atoms. The van der Waals surface area contributed by atoms with Crippen molar-refractivity contribution in [2.75, 3.05) is 5.32 Å². The van der Waals surface area contributed by atoms with E-state index in [9.17, 15) is 0 Å². The molecule has 3 rings (SSSR count). The van der Waals surface area contributed by atoms with Gasteiger partial charge in [0.25, 0.3) is 5.17 Å². The van der Waals surface area contributed by atoms with Gasteiger partial charge in [-0.15, -0.1) is 0 Å². The minimum absolute atomic E-state index is 0.373. The van der Waals surface area contributed by atoms with Crippen molar-refractivity contribution in [1.29, 1.82) is 0 Å². The SMILES string of the molecule is Cc1ccc(NC(=S)OCc2ccc(SSc3ccccn3)cc2)cc1. The van der Waals surface area contributed by atoms with Crippen molar-refractivity contribution in [3.8, 4) is 0 Å². The summed E-state index contributed by atoms with van der Waals surface area (Å²) in [4.78, 5) is 5.47. The minimum Gasteiger partial charge on any atom is -0.466 e. The van der Waals surface area contributed by atoms with E-state index in [1.807, 2.05) is 42.5 Å². The first kappa shape index (κ1) is 18.8. The number of rotatable bonds is 6. The molecule has 0 aliphatic carbocycles. The first-order valence-corrected chi connectivity index (χ1v) is 10.6. The number of aromatic nitrogens is 1. The van der Waals surface area contributed by atoms with Crippen molar-refractivity contribution in [2.45, 2.75) is 23.5 Å². The molecule has 1 aromatic heterocycles. The molecule has 1 heterocycles. The highest BCUT2D eigenvalue weighted by Crippen LogP contribution is 2.35. The Morgan fingerprint density at radius 1 is 1.00 bits per heavy atom. The molecule has 3 aromatic rings. The van der Waals surface area contributed by atoms with Crippen LogP contribution in [0.2, 0.25) is 0 Å². The molecular formula is C20H18N2OS3. The maximum absolute atomic E-state index is 5.63. The molecule has 132 valence electrons. The Morgan fingerprint density at radius 2 is 1.77 bits per heavy atom. The van der Waals surface area contributed by atoms with Gasteiger partial charge in [0, 0.05) is 16.8 Å². The molecule has 3 nitrogen and oxygen atoms in total. The van der Waals surface area contributed by atoms with E-state index in [-0.39, 0.29) is 0 Å². The lowest BCUT2D eigenvalue weighted by Crippen LogP contribution is -2.13. The summed E-state index contributed by atoms with van der Waals surface area (Å²) in [6, 6.07) is 22.2. The molecule has 0 fully saturated rings. The average Bonchev–Trinajstić information content (AvgIpc) is 2.68. The Labute approximate surface area is 167 Å². The number of anilines is 1. The van der Waals surface area contributed by atoms with Crippen LogP contribution in [0.3, 0.4) is 0 Å². The van der Waals surface area contributed by atoms with Crippen molar-refractivity contribution >= 4 is 44.7 Å². The summed E-state index contributed by atoms with van der Waals surface area (Å²) in [7, 11) is 3.33. The Hall–Kier alpha value is -2.02. The third kappa shape index (κ3) is 6.05. The Kier molecular flexibility index (Phi) is 6.94. The van der Waals surface area contributed by atoms with Crippen molar-refractivity contribution in [1.82, 2.24) is 4.98 Å². The summed E-state index contributed by atoms with van der Waals surface area (Å²) >= 11 is 5.24. The summed E-state index contributed by atoms with van der Waals surface area (Å²) in [6.45, 7) is 2.49. The van der Waals surface area contributed by atoms with Crippen LogP contribution in [0.25, 0.3) is 0 Å². The van der Waals surface area contributed by atoms with E-state index in [0.29, 0.717) is 11.8 Å². The predicted molar refractivity (Wildman–Crippen MR) is 115 cm³/mol. The van der Waals surface area contributed by atoms with Crippen molar-refractivity contribution in [2.24, 2.45) is 0 Å². The second kappa shape index (κ2) is 9.62. The van der Waals surface area contributed by atoms with Gasteiger partial charge in [-0.2, -0.15) is 0 Å². The van der Waals surface area contributed by atoms with Crippen LogP contribution in [-0.2, 0) is 11.3 Å². The molecule has 26 heavy (non-hydrogen) atoms. The quantitative estimate of drug-likeness (QED) is 0.399. The molecule has 0 aliphatic rings. The van der Waals surface area contributed by atoms with Crippen LogP contribution in [-0.4, -0.2) is 10.2 Å². The maximum atomic E-state index is 5.63. The first-order valence-electron chi connectivity index (χ1n) is 8.04. The molecule has 2 aromatic carbocycles. The summed E-state index contributed by atoms with van der Waals surface area (Å²) in [5.74, 6) is 0. The number of hydrogen-bond acceptors (Lipinski definition) is 5. The van der Waals surface area contributed by atoms with Gasteiger partial charge in [0.05, 0.1) is 0 Å². The molecule has 6 heteroatoms. The maximum Gasteiger partial charge on any atom is 0.261 e. The van der Waals surface area contributed by atoms with E-state index in [2.05, 4.69) is 41.5 Å². The van der Waals surface area contributed by atoms with Crippen molar-refractivity contribution in [3.63, 3.8) is 0 Å². The third-order valence-corrected chi connectivity index (χ3v) is 5.97. The van der Waals surface area contributed by atoms with Gasteiger partial charge in [-0.3, -0.25) is 0 Å². The lowest BCUT2D eigenvalue weighted by Gasteiger charge is -2.10. The smallest absolute Gasteiger partial charge is 0.261 e. The number of aryl methyl sites for hydroxylation is 1. The highest BCUT2D eigenvalue weighted by atomic mass is 33.1. The zero-order valence-electron chi connectivity index (χ0n) is 14.2. The van der Waals surface area contributed by atoms with E-state index in [4.69, 9.17) is 17.0 Å². The molecule has 0 radical (unpaired) electrons. The summed E-state index contributed by atoms with van der Waals surface area (Å²) < 4.78 is 5.63. The van der Waals surface area contributed by atoms with Gasteiger partial charge < -0.3 is 10.1 Å². The average molecular weight is 399 g/mol. The molecule has 1 N–H and O–H groups in total. The fourth-order valence-corrected chi connectivity index (χ4v) is 4.09. The van der Waals surface area contributed by atoms with E-state index in [1.165, 1.54) is 10.5 Å². The number of hydrogen-bond donors (Lipinski definition) is 1. The summed E-state index contributed by atoms with van der Waals surface area (Å²) in [6.07, 6.45) is 1.80. The Morgan fingerprint density at radius 3 is 2.46 bits per heavy atom. The van der Waals surface area contributed by atoms with Gasteiger partial charge >= 0.3 is 0 Å². The normalized spacial score (nSPS) is 10.3. The van der Waals surface area contributed by atoms with Crippen molar-refractivity contribution < 1.29 is 4.74 Å². The van der Waals surface area contributed by atoms with Gasteiger partial charge in [-0.25, -0.2) is 4.98 Å². The highest BCUT2D eigenvalue weighted by Gasteiger charge is 2.02. The predicted octanol–water partition coefficient (Wildman–Crippen LogP) is 6.10. The zero-order valence-corrected chi connectivity index (χ0v) is 16.7. The van der Waals surface area contributed by atoms with Crippen LogP contribution >= 0.6 is 33.8 Å². The molecule has 0 saturated carbocycles. The Balaban J connectivity index is 1.45.